The Morgan fingerprint density at radius 1 is 0.879 bits per heavy atom. The minimum Gasteiger partial charge on any atom is -0.454 e. The normalized spacial score (nSPS) is 16.5. The molecule has 0 N–H and O–H groups in total. The minimum atomic E-state index is -0.831. The molecule has 2 aliphatic rings. The molecule has 6 rings (SSSR count). The number of fused-ring (bicyclic) bond motifs is 3. The third-order valence-corrected chi connectivity index (χ3v) is 5.90. The first kappa shape index (κ1) is 19.5. The number of rotatable bonds is 3. The highest BCUT2D eigenvalue weighted by Crippen LogP contribution is 2.40. The van der Waals surface area contributed by atoms with Crippen LogP contribution in [0.5, 0.6) is 11.5 Å². The van der Waals surface area contributed by atoms with Crippen molar-refractivity contribution in [1.29, 1.82) is 0 Å². The third kappa shape index (κ3) is 3.06. The molecular formula is C25H15F2NO5. The molecule has 0 saturated carbocycles. The number of nitrogens with zero attached hydrogens (tertiary/aromatic N) is 1. The number of benzene rings is 3. The Hall–Kier alpha value is -4.20. The molecule has 1 amide bonds. The summed E-state index contributed by atoms with van der Waals surface area (Å²) in [5.41, 5.74) is 1.01. The van der Waals surface area contributed by atoms with Gasteiger partial charge in [0.05, 0.1) is 17.0 Å². The van der Waals surface area contributed by atoms with Crippen LogP contribution in [0.4, 0.5) is 8.78 Å². The highest BCUT2D eigenvalue weighted by molar-refractivity contribution is 5.99. The molecule has 0 bridgehead atoms. The van der Waals surface area contributed by atoms with Crippen molar-refractivity contribution in [1.82, 2.24) is 4.90 Å². The predicted octanol–water partition coefficient (Wildman–Crippen LogP) is 4.55. The Morgan fingerprint density at radius 3 is 2.45 bits per heavy atom. The highest BCUT2D eigenvalue weighted by atomic mass is 19.1. The first-order valence-corrected chi connectivity index (χ1v) is 10.2. The summed E-state index contributed by atoms with van der Waals surface area (Å²) in [4.78, 5) is 28.3. The van der Waals surface area contributed by atoms with E-state index in [1.807, 2.05) is 0 Å². The average Bonchev–Trinajstić information content (AvgIpc) is 3.38. The van der Waals surface area contributed by atoms with Crippen LogP contribution in [0.3, 0.4) is 0 Å². The smallest absolute Gasteiger partial charge is 0.291 e. The van der Waals surface area contributed by atoms with Gasteiger partial charge in [0.2, 0.25) is 12.6 Å². The van der Waals surface area contributed by atoms with E-state index in [4.69, 9.17) is 13.9 Å². The van der Waals surface area contributed by atoms with Crippen LogP contribution in [0, 0.1) is 11.6 Å². The van der Waals surface area contributed by atoms with Crippen LogP contribution < -0.4 is 14.9 Å². The molecule has 0 radical (unpaired) electrons. The molecule has 33 heavy (non-hydrogen) atoms. The molecule has 4 aromatic rings. The lowest BCUT2D eigenvalue weighted by molar-refractivity contribution is 0.0714. The summed E-state index contributed by atoms with van der Waals surface area (Å²) < 4.78 is 44.0. The molecule has 0 fully saturated rings. The fraction of sp³-hybridized carbons (Fsp3) is 0.120. The molecule has 0 spiro atoms. The van der Waals surface area contributed by atoms with Crippen LogP contribution in [0.1, 0.15) is 33.3 Å². The van der Waals surface area contributed by atoms with Crippen LogP contribution in [0.15, 0.2) is 69.9 Å². The number of hydrogen-bond acceptors (Lipinski definition) is 5. The predicted molar refractivity (Wildman–Crippen MR) is 113 cm³/mol. The second-order valence-corrected chi connectivity index (χ2v) is 7.89. The van der Waals surface area contributed by atoms with Gasteiger partial charge in [-0.05, 0) is 53.6 Å². The molecule has 1 aromatic heterocycles. The Bertz CT molecular complexity index is 1500. The summed E-state index contributed by atoms with van der Waals surface area (Å²) in [5, 5.41) is 0.0404. The molecule has 3 heterocycles. The van der Waals surface area contributed by atoms with Gasteiger partial charge in [-0.2, -0.15) is 0 Å². The van der Waals surface area contributed by atoms with Gasteiger partial charge in [0.15, 0.2) is 16.9 Å². The Kier molecular flexibility index (Phi) is 4.23. The second kappa shape index (κ2) is 7.16. The molecule has 164 valence electrons. The van der Waals surface area contributed by atoms with E-state index in [1.54, 1.807) is 18.2 Å². The fourth-order valence-corrected chi connectivity index (χ4v) is 4.38. The molecule has 2 aliphatic heterocycles. The zero-order valence-corrected chi connectivity index (χ0v) is 17.0. The van der Waals surface area contributed by atoms with Gasteiger partial charge in [-0.25, -0.2) is 8.78 Å². The quantitative estimate of drug-likeness (QED) is 0.461. The number of halogens is 2. The first-order chi connectivity index (χ1) is 16.0. The Morgan fingerprint density at radius 2 is 1.64 bits per heavy atom. The summed E-state index contributed by atoms with van der Waals surface area (Å²) in [6.07, 6.45) is 0. The van der Waals surface area contributed by atoms with Crippen LogP contribution in [-0.4, -0.2) is 17.6 Å². The standard InChI is InChI=1S/C25H15F2NO5/c26-15-4-2-14(3-5-15)22-21-23(29)17-10-16(27)6-8-18(17)33-24(21)25(30)28(22)11-13-1-7-19-20(9-13)32-12-31-19/h1-10,22H,11-12H2/t22-/m0/s1. The van der Waals surface area contributed by atoms with Gasteiger partial charge in [-0.15, -0.1) is 0 Å². The summed E-state index contributed by atoms with van der Waals surface area (Å²) >= 11 is 0. The van der Waals surface area contributed by atoms with E-state index in [2.05, 4.69) is 0 Å². The highest BCUT2D eigenvalue weighted by Gasteiger charge is 2.42. The van der Waals surface area contributed by atoms with Gasteiger partial charge in [0.1, 0.15) is 17.2 Å². The maximum Gasteiger partial charge on any atom is 0.291 e. The van der Waals surface area contributed by atoms with Crippen molar-refractivity contribution < 1.29 is 27.5 Å². The lowest BCUT2D eigenvalue weighted by Crippen LogP contribution is -2.29. The average molecular weight is 447 g/mol. The van der Waals surface area contributed by atoms with E-state index in [-0.39, 0.29) is 35.6 Å². The molecule has 8 heteroatoms. The van der Waals surface area contributed by atoms with Gasteiger partial charge in [-0.3, -0.25) is 9.59 Å². The second-order valence-electron chi connectivity index (χ2n) is 7.89. The Labute approximate surface area is 185 Å². The van der Waals surface area contributed by atoms with Crippen molar-refractivity contribution in [3.8, 4) is 11.5 Å². The topological polar surface area (TPSA) is 69.0 Å². The van der Waals surface area contributed by atoms with Crippen molar-refractivity contribution in [3.05, 3.63) is 105 Å². The van der Waals surface area contributed by atoms with E-state index < -0.39 is 29.0 Å². The molecule has 0 aliphatic carbocycles. The van der Waals surface area contributed by atoms with Crippen molar-refractivity contribution in [2.24, 2.45) is 0 Å². The van der Waals surface area contributed by atoms with Crippen LogP contribution in [0.25, 0.3) is 11.0 Å². The maximum atomic E-state index is 13.9. The first-order valence-electron chi connectivity index (χ1n) is 10.2. The van der Waals surface area contributed by atoms with Crippen molar-refractivity contribution in [2.75, 3.05) is 6.79 Å². The van der Waals surface area contributed by atoms with Gasteiger partial charge in [0.25, 0.3) is 5.91 Å². The van der Waals surface area contributed by atoms with Gasteiger partial charge >= 0.3 is 0 Å². The summed E-state index contributed by atoms with van der Waals surface area (Å²) in [6.45, 7) is 0.249. The van der Waals surface area contributed by atoms with Crippen LogP contribution in [-0.2, 0) is 6.54 Å². The SMILES string of the molecule is O=C1c2oc3ccc(F)cc3c(=O)c2[C@H](c2ccc(F)cc2)N1Cc1ccc2c(c1)OCO2. The number of ether oxygens (including phenoxy) is 2. The van der Waals surface area contributed by atoms with E-state index in [9.17, 15) is 18.4 Å². The molecular weight excluding hydrogens is 432 g/mol. The summed E-state index contributed by atoms with van der Waals surface area (Å²) in [5.74, 6) is -0.456. The molecule has 0 saturated heterocycles. The number of amides is 1. The fourth-order valence-electron chi connectivity index (χ4n) is 4.38. The van der Waals surface area contributed by atoms with E-state index in [1.165, 1.54) is 41.3 Å². The van der Waals surface area contributed by atoms with E-state index in [0.717, 1.165) is 11.6 Å². The van der Waals surface area contributed by atoms with E-state index >= 15 is 0 Å². The molecule has 3 aromatic carbocycles. The molecule has 0 unspecified atom stereocenters. The zero-order chi connectivity index (χ0) is 22.7. The van der Waals surface area contributed by atoms with Gasteiger partial charge < -0.3 is 18.8 Å². The van der Waals surface area contributed by atoms with Crippen molar-refractivity contribution in [3.63, 3.8) is 0 Å². The number of hydrogen-bond donors (Lipinski definition) is 0. The van der Waals surface area contributed by atoms with Crippen molar-refractivity contribution >= 4 is 16.9 Å². The summed E-state index contributed by atoms with van der Waals surface area (Å²) in [6, 6.07) is 13.6. The monoisotopic (exact) mass is 447 g/mol. The van der Waals surface area contributed by atoms with Crippen LogP contribution in [0.2, 0.25) is 0 Å². The minimum absolute atomic E-state index is 0.0404. The maximum absolute atomic E-state index is 13.9. The largest absolute Gasteiger partial charge is 0.454 e. The van der Waals surface area contributed by atoms with Crippen molar-refractivity contribution in [2.45, 2.75) is 12.6 Å². The number of carbonyl (C=O) groups is 1. The summed E-state index contributed by atoms with van der Waals surface area (Å²) in [7, 11) is 0. The van der Waals surface area contributed by atoms with Gasteiger partial charge in [-0.1, -0.05) is 18.2 Å². The molecule has 1 atom stereocenters. The third-order valence-electron chi connectivity index (χ3n) is 5.90. The number of carbonyl (C=O) groups excluding carboxylic acids is 1. The Balaban J connectivity index is 1.52. The van der Waals surface area contributed by atoms with Crippen LogP contribution >= 0.6 is 0 Å². The lowest BCUT2D eigenvalue weighted by atomic mass is 9.98. The lowest BCUT2D eigenvalue weighted by Gasteiger charge is -2.25. The van der Waals surface area contributed by atoms with Gasteiger partial charge in [0, 0.05) is 6.54 Å². The zero-order valence-electron chi connectivity index (χ0n) is 17.0. The molecule has 6 nitrogen and oxygen atoms in total. The van der Waals surface area contributed by atoms with E-state index in [0.29, 0.717) is 17.1 Å².